The number of hydrogen-bond donors (Lipinski definition) is 1. The van der Waals surface area contributed by atoms with E-state index in [0.29, 0.717) is 12.3 Å². The summed E-state index contributed by atoms with van der Waals surface area (Å²) in [5.41, 5.74) is 2.73. The van der Waals surface area contributed by atoms with Gasteiger partial charge in [-0.1, -0.05) is 36.4 Å². The molecule has 0 bridgehead atoms. The van der Waals surface area contributed by atoms with Crippen molar-refractivity contribution in [3.63, 3.8) is 0 Å². The van der Waals surface area contributed by atoms with Crippen LogP contribution in [0.3, 0.4) is 0 Å². The van der Waals surface area contributed by atoms with Crippen molar-refractivity contribution < 1.29 is 9.53 Å². The van der Waals surface area contributed by atoms with E-state index in [1.165, 1.54) is 0 Å². The van der Waals surface area contributed by atoms with E-state index >= 15 is 0 Å². The fraction of sp³-hybridized carbons (Fsp3) is 0.136. The van der Waals surface area contributed by atoms with Gasteiger partial charge in [0.2, 0.25) is 0 Å². The third kappa shape index (κ3) is 4.17. The monoisotopic (exact) mass is 372 g/mol. The summed E-state index contributed by atoms with van der Waals surface area (Å²) in [6.07, 6.45) is 5.44. The first kappa shape index (κ1) is 17.7. The third-order valence-electron chi connectivity index (χ3n) is 4.41. The number of rotatable bonds is 6. The van der Waals surface area contributed by atoms with Gasteiger partial charge in [0.1, 0.15) is 5.75 Å². The predicted octanol–water partition coefficient (Wildman–Crippen LogP) is 3.33. The number of ether oxygens (including phenoxy) is 1. The summed E-state index contributed by atoms with van der Waals surface area (Å²) < 4.78 is 7.34. The average molecular weight is 372 g/mol. The predicted molar refractivity (Wildman–Crippen MR) is 108 cm³/mol. The number of carbonyl (C=O) groups excluding carboxylic acids is 1. The van der Waals surface area contributed by atoms with Crippen LogP contribution in [0.2, 0.25) is 0 Å². The Morgan fingerprint density at radius 1 is 1.07 bits per heavy atom. The lowest BCUT2D eigenvalue weighted by Gasteiger charge is -2.08. The highest BCUT2D eigenvalue weighted by Crippen LogP contribution is 2.20. The van der Waals surface area contributed by atoms with Crippen molar-refractivity contribution in [1.29, 1.82) is 0 Å². The first-order valence-electron chi connectivity index (χ1n) is 9.00. The SMILES string of the molecule is Cn1cc(-c2ccc(CNC(=O)COc3ccc4ccccc4c3)cn2)cn1. The molecule has 1 N–H and O–H groups in total. The van der Waals surface area contributed by atoms with Gasteiger partial charge >= 0.3 is 0 Å². The minimum Gasteiger partial charge on any atom is -0.484 e. The topological polar surface area (TPSA) is 69.0 Å². The van der Waals surface area contributed by atoms with Crippen LogP contribution in [0.1, 0.15) is 5.56 Å². The van der Waals surface area contributed by atoms with Gasteiger partial charge in [-0.2, -0.15) is 5.10 Å². The zero-order valence-electron chi connectivity index (χ0n) is 15.5. The lowest BCUT2D eigenvalue weighted by Crippen LogP contribution is -2.28. The van der Waals surface area contributed by atoms with Crippen molar-refractivity contribution in [3.05, 3.63) is 78.8 Å². The largest absolute Gasteiger partial charge is 0.484 e. The standard InChI is InChI=1S/C22H20N4O2/c1-26-14-19(13-25-26)21-9-6-16(11-23-21)12-24-22(27)15-28-20-8-7-17-4-2-3-5-18(17)10-20/h2-11,13-14H,12,15H2,1H3,(H,24,27). The molecule has 2 heterocycles. The van der Waals surface area contributed by atoms with Crippen molar-refractivity contribution in [3.8, 4) is 17.0 Å². The van der Waals surface area contributed by atoms with Crippen LogP contribution in [0.5, 0.6) is 5.75 Å². The summed E-state index contributed by atoms with van der Waals surface area (Å²) in [5.74, 6) is 0.501. The van der Waals surface area contributed by atoms with Crippen molar-refractivity contribution in [2.24, 2.45) is 7.05 Å². The molecular formula is C22H20N4O2. The highest BCUT2D eigenvalue weighted by atomic mass is 16.5. The fourth-order valence-corrected chi connectivity index (χ4v) is 2.91. The van der Waals surface area contributed by atoms with E-state index in [2.05, 4.69) is 15.4 Å². The number of hydrogen-bond acceptors (Lipinski definition) is 4. The molecule has 28 heavy (non-hydrogen) atoms. The van der Waals surface area contributed by atoms with Gasteiger partial charge in [0.05, 0.1) is 11.9 Å². The van der Waals surface area contributed by atoms with E-state index in [4.69, 9.17) is 4.74 Å². The lowest BCUT2D eigenvalue weighted by molar-refractivity contribution is -0.123. The van der Waals surface area contributed by atoms with Gasteiger partial charge in [0, 0.05) is 31.5 Å². The molecule has 4 rings (SSSR count). The lowest BCUT2D eigenvalue weighted by atomic mass is 10.1. The van der Waals surface area contributed by atoms with E-state index in [0.717, 1.165) is 27.6 Å². The minimum absolute atomic E-state index is 0.0282. The number of carbonyl (C=O) groups is 1. The number of aryl methyl sites for hydroxylation is 1. The van der Waals surface area contributed by atoms with Crippen LogP contribution < -0.4 is 10.1 Å². The van der Waals surface area contributed by atoms with Gasteiger partial charge in [0.25, 0.3) is 5.91 Å². The van der Waals surface area contributed by atoms with E-state index in [1.807, 2.05) is 67.8 Å². The highest BCUT2D eigenvalue weighted by molar-refractivity contribution is 5.84. The van der Waals surface area contributed by atoms with Gasteiger partial charge in [-0.05, 0) is 34.5 Å². The Morgan fingerprint density at radius 2 is 1.93 bits per heavy atom. The molecule has 4 aromatic rings. The Bertz CT molecular complexity index is 1100. The molecule has 0 spiro atoms. The summed E-state index contributed by atoms with van der Waals surface area (Å²) in [6, 6.07) is 17.7. The summed E-state index contributed by atoms with van der Waals surface area (Å²) >= 11 is 0. The molecule has 0 aliphatic carbocycles. The van der Waals surface area contributed by atoms with Gasteiger partial charge in [0.15, 0.2) is 6.61 Å². The molecule has 0 radical (unpaired) electrons. The second-order valence-electron chi connectivity index (χ2n) is 6.53. The molecule has 0 saturated heterocycles. The van der Waals surface area contributed by atoms with Gasteiger partial charge in [-0.3, -0.25) is 14.5 Å². The van der Waals surface area contributed by atoms with Crippen LogP contribution in [0.15, 0.2) is 73.2 Å². The molecule has 0 atom stereocenters. The highest BCUT2D eigenvalue weighted by Gasteiger charge is 2.06. The second-order valence-corrected chi connectivity index (χ2v) is 6.53. The van der Waals surface area contributed by atoms with E-state index in [9.17, 15) is 4.79 Å². The number of pyridine rings is 1. The quantitative estimate of drug-likeness (QED) is 0.564. The van der Waals surface area contributed by atoms with Crippen molar-refractivity contribution >= 4 is 16.7 Å². The normalized spacial score (nSPS) is 10.8. The number of aromatic nitrogens is 3. The first-order chi connectivity index (χ1) is 13.7. The zero-order chi connectivity index (χ0) is 19.3. The molecule has 0 saturated carbocycles. The Kier molecular flexibility index (Phi) is 5.01. The van der Waals surface area contributed by atoms with Crippen molar-refractivity contribution in [2.45, 2.75) is 6.54 Å². The summed E-state index contributed by atoms with van der Waals surface area (Å²) in [6.45, 7) is 0.375. The molecule has 0 unspecified atom stereocenters. The molecule has 1 amide bonds. The summed E-state index contributed by atoms with van der Waals surface area (Å²) in [7, 11) is 1.87. The molecule has 6 heteroatoms. The van der Waals surface area contributed by atoms with Crippen molar-refractivity contribution in [1.82, 2.24) is 20.1 Å². The number of nitrogens with zero attached hydrogens (tertiary/aromatic N) is 3. The smallest absolute Gasteiger partial charge is 0.258 e. The van der Waals surface area contributed by atoms with Gasteiger partial charge in [-0.25, -0.2) is 0 Å². The Hall–Kier alpha value is -3.67. The second kappa shape index (κ2) is 7.92. The Labute approximate surface area is 162 Å². The Balaban J connectivity index is 1.29. The minimum atomic E-state index is -0.176. The number of benzene rings is 2. The molecule has 0 aliphatic heterocycles. The molecule has 140 valence electrons. The third-order valence-corrected chi connectivity index (χ3v) is 4.41. The average Bonchev–Trinajstić information content (AvgIpc) is 3.17. The number of amides is 1. The fourth-order valence-electron chi connectivity index (χ4n) is 2.91. The number of nitrogens with one attached hydrogen (secondary N) is 1. The number of fused-ring (bicyclic) bond motifs is 1. The van der Waals surface area contributed by atoms with Crippen LogP contribution in [0.25, 0.3) is 22.0 Å². The maximum atomic E-state index is 12.1. The molecule has 0 fully saturated rings. The first-order valence-corrected chi connectivity index (χ1v) is 9.00. The Morgan fingerprint density at radius 3 is 2.68 bits per heavy atom. The van der Waals surface area contributed by atoms with E-state index < -0.39 is 0 Å². The molecule has 2 aromatic carbocycles. The van der Waals surface area contributed by atoms with E-state index in [-0.39, 0.29) is 12.5 Å². The maximum absolute atomic E-state index is 12.1. The summed E-state index contributed by atoms with van der Waals surface area (Å²) in [5, 5.41) is 9.22. The molecule has 2 aromatic heterocycles. The van der Waals surface area contributed by atoms with Crippen LogP contribution in [-0.4, -0.2) is 27.3 Å². The van der Waals surface area contributed by atoms with Crippen LogP contribution in [0.4, 0.5) is 0 Å². The van der Waals surface area contributed by atoms with Gasteiger partial charge in [-0.15, -0.1) is 0 Å². The molecular weight excluding hydrogens is 352 g/mol. The van der Waals surface area contributed by atoms with Gasteiger partial charge < -0.3 is 10.1 Å². The molecule has 0 aliphatic rings. The summed E-state index contributed by atoms with van der Waals surface area (Å²) in [4.78, 5) is 16.5. The van der Waals surface area contributed by atoms with E-state index in [1.54, 1.807) is 17.1 Å². The van der Waals surface area contributed by atoms with Crippen LogP contribution >= 0.6 is 0 Å². The van der Waals surface area contributed by atoms with Crippen LogP contribution in [0, 0.1) is 0 Å². The van der Waals surface area contributed by atoms with Crippen molar-refractivity contribution in [2.75, 3.05) is 6.61 Å². The maximum Gasteiger partial charge on any atom is 0.258 e. The molecule has 6 nitrogen and oxygen atoms in total. The zero-order valence-corrected chi connectivity index (χ0v) is 15.5. The van der Waals surface area contributed by atoms with Crippen LogP contribution in [-0.2, 0) is 18.4 Å².